The molecule has 0 aliphatic carbocycles. The van der Waals surface area contributed by atoms with Gasteiger partial charge in [0.05, 0.1) is 5.69 Å². The first-order valence-corrected chi connectivity index (χ1v) is 8.49. The molecule has 132 valence electrons. The number of aromatic hydroxyl groups is 1. The molecule has 0 atom stereocenters. The summed E-state index contributed by atoms with van der Waals surface area (Å²) in [6, 6.07) is 5.40. The first-order valence-electron chi connectivity index (χ1n) is 8.49. The Bertz CT molecular complexity index is 623. The minimum Gasteiger partial charge on any atom is -0.506 e. The smallest absolute Gasteiger partial charge is 0.410 e. The monoisotopic (exact) mass is 333 g/mol. The fourth-order valence-electron chi connectivity index (χ4n) is 3.48. The van der Waals surface area contributed by atoms with E-state index in [1.54, 1.807) is 12.1 Å². The highest BCUT2D eigenvalue weighted by molar-refractivity contribution is 5.68. The van der Waals surface area contributed by atoms with E-state index in [4.69, 9.17) is 10.5 Å². The summed E-state index contributed by atoms with van der Waals surface area (Å²) in [4.78, 5) is 16.2. The first-order chi connectivity index (χ1) is 11.2. The van der Waals surface area contributed by atoms with E-state index < -0.39 is 5.60 Å². The van der Waals surface area contributed by atoms with Gasteiger partial charge in [-0.2, -0.15) is 0 Å². The zero-order valence-electron chi connectivity index (χ0n) is 14.7. The quantitative estimate of drug-likeness (QED) is 0.610. The van der Waals surface area contributed by atoms with Crippen molar-refractivity contribution in [2.45, 2.75) is 39.2 Å². The normalized spacial score (nSPS) is 20.0. The molecule has 2 heterocycles. The molecule has 0 saturated carbocycles. The molecule has 1 aromatic carbocycles. The van der Waals surface area contributed by atoms with Gasteiger partial charge in [0.1, 0.15) is 11.4 Å². The Labute approximate surface area is 143 Å². The molecular formula is C18H27N3O3. The van der Waals surface area contributed by atoms with Crippen molar-refractivity contribution in [3.05, 3.63) is 18.2 Å². The summed E-state index contributed by atoms with van der Waals surface area (Å²) in [5.41, 5.74) is 6.88. The van der Waals surface area contributed by atoms with Crippen LogP contribution in [0.25, 0.3) is 0 Å². The SMILES string of the molecule is CC(C)(C)OC(=O)N1CCC2(CC1)CN(c1ccc(N)c(O)c1)C2. The molecule has 6 heteroatoms. The lowest BCUT2D eigenvalue weighted by molar-refractivity contribution is 0.00598. The van der Waals surface area contributed by atoms with Crippen LogP contribution in [0.2, 0.25) is 0 Å². The number of nitrogens with two attached hydrogens (primary N) is 1. The average Bonchev–Trinajstić information content (AvgIpc) is 2.46. The molecule has 0 radical (unpaired) electrons. The van der Waals surface area contributed by atoms with E-state index >= 15 is 0 Å². The Morgan fingerprint density at radius 2 is 1.88 bits per heavy atom. The third-order valence-corrected chi connectivity index (χ3v) is 4.91. The molecule has 24 heavy (non-hydrogen) atoms. The number of rotatable bonds is 1. The molecule has 0 unspecified atom stereocenters. The van der Waals surface area contributed by atoms with Crippen LogP contribution in [-0.2, 0) is 4.74 Å². The van der Waals surface area contributed by atoms with Crippen molar-refractivity contribution >= 4 is 17.5 Å². The van der Waals surface area contributed by atoms with Crippen molar-refractivity contribution in [1.29, 1.82) is 0 Å². The maximum atomic E-state index is 12.1. The van der Waals surface area contributed by atoms with Gasteiger partial charge >= 0.3 is 6.09 Å². The summed E-state index contributed by atoms with van der Waals surface area (Å²) in [5.74, 6) is 0.133. The molecule has 0 bridgehead atoms. The summed E-state index contributed by atoms with van der Waals surface area (Å²) in [7, 11) is 0. The van der Waals surface area contributed by atoms with Crippen LogP contribution in [0.1, 0.15) is 33.6 Å². The summed E-state index contributed by atoms with van der Waals surface area (Å²) < 4.78 is 5.45. The fraction of sp³-hybridized carbons (Fsp3) is 0.611. The number of carbonyl (C=O) groups excluding carboxylic acids is 1. The Morgan fingerprint density at radius 1 is 1.25 bits per heavy atom. The van der Waals surface area contributed by atoms with E-state index in [-0.39, 0.29) is 17.3 Å². The van der Waals surface area contributed by atoms with Crippen LogP contribution in [0.4, 0.5) is 16.2 Å². The summed E-state index contributed by atoms with van der Waals surface area (Å²) in [6.45, 7) is 9.08. The Morgan fingerprint density at radius 3 is 2.42 bits per heavy atom. The van der Waals surface area contributed by atoms with Gasteiger partial charge in [0.25, 0.3) is 0 Å². The average molecular weight is 333 g/mol. The van der Waals surface area contributed by atoms with Crippen LogP contribution in [0.15, 0.2) is 18.2 Å². The molecule has 2 aliphatic heterocycles. The molecule has 3 rings (SSSR count). The van der Waals surface area contributed by atoms with Crippen molar-refractivity contribution in [3.8, 4) is 5.75 Å². The first kappa shape index (κ1) is 16.7. The number of likely N-dealkylation sites (tertiary alicyclic amines) is 1. The Hall–Kier alpha value is -2.11. The number of phenols is 1. The molecule has 1 amide bonds. The van der Waals surface area contributed by atoms with Crippen LogP contribution in [-0.4, -0.2) is 47.9 Å². The van der Waals surface area contributed by atoms with Gasteiger partial charge in [-0.3, -0.25) is 0 Å². The summed E-state index contributed by atoms with van der Waals surface area (Å²) >= 11 is 0. The second-order valence-electron chi connectivity index (χ2n) is 8.07. The molecule has 0 aromatic heterocycles. The van der Waals surface area contributed by atoms with E-state index in [0.29, 0.717) is 5.69 Å². The van der Waals surface area contributed by atoms with E-state index in [9.17, 15) is 9.90 Å². The van der Waals surface area contributed by atoms with Crippen LogP contribution < -0.4 is 10.6 Å². The van der Waals surface area contributed by atoms with Crippen molar-refractivity contribution in [2.75, 3.05) is 36.8 Å². The lowest BCUT2D eigenvalue weighted by atomic mass is 9.72. The maximum Gasteiger partial charge on any atom is 0.410 e. The van der Waals surface area contributed by atoms with Gasteiger partial charge in [0, 0.05) is 43.3 Å². The molecule has 1 spiro atoms. The van der Waals surface area contributed by atoms with Gasteiger partial charge in [0.2, 0.25) is 0 Å². The number of benzene rings is 1. The zero-order valence-corrected chi connectivity index (χ0v) is 14.7. The minimum absolute atomic E-state index is 0.133. The lowest BCUT2D eigenvalue weighted by Crippen LogP contribution is -2.61. The van der Waals surface area contributed by atoms with E-state index in [1.807, 2.05) is 31.7 Å². The lowest BCUT2D eigenvalue weighted by Gasteiger charge is -2.55. The Balaban J connectivity index is 1.53. The summed E-state index contributed by atoms with van der Waals surface area (Å²) in [5, 5.41) is 9.75. The number of ether oxygens (including phenoxy) is 1. The van der Waals surface area contributed by atoms with Crippen molar-refractivity contribution in [3.63, 3.8) is 0 Å². The number of nitrogen functional groups attached to an aromatic ring is 1. The molecule has 3 N–H and O–H groups in total. The Kier molecular flexibility index (Phi) is 4.01. The third kappa shape index (κ3) is 3.37. The minimum atomic E-state index is -0.448. The number of hydrogen-bond acceptors (Lipinski definition) is 5. The van der Waals surface area contributed by atoms with Crippen molar-refractivity contribution in [2.24, 2.45) is 5.41 Å². The van der Waals surface area contributed by atoms with Gasteiger partial charge in [-0.15, -0.1) is 0 Å². The molecule has 1 aromatic rings. The van der Waals surface area contributed by atoms with Crippen molar-refractivity contribution in [1.82, 2.24) is 4.90 Å². The van der Waals surface area contributed by atoms with Gasteiger partial charge in [0.15, 0.2) is 0 Å². The van der Waals surface area contributed by atoms with Gasteiger partial charge < -0.3 is 25.4 Å². The second kappa shape index (κ2) is 5.76. The molecular weight excluding hydrogens is 306 g/mol. The number of nitrogens with zero attached hydrogens (tertiary/aromatic N) is 2. The van der Waals surface area contributed by atoms with Crippen LogP contribution >= 0.6 is 0 Å². The summed E-state index contributed by atoms with van der Waals surface area (Å²) in [6.07, 6.45) is 1.77. The molecule has 2 fully saturated rings. The highest BCUT2D eigenvalue weighted by Gasteiger charge is 2.46. The number of amides is 1. The topological polar surface area (TPSA) is 79.0 Å². The van der Waals surface area contributed by atoms with E-state index in [2.05, 4.69) is 4.90 Å². The van der Waals surface area contributed by atoms with E-state index in [1.165, 1.54) is 0 Å². The molecule has 2 saturated heterocycles. The third-order valence-electron chi connectivity index (χ3n) is 4.91. The number of carbonyl (C=O) groups is 1. The number of phenolic OH excluding ortho intramolecular Hbond substituents is 1. The van der Waals surface area contributed by atoms with E-state index in [0.717, 1.165) is 44.7 Å². The van der Waals surface area contributed by atoms with Crippen LogP contribution in [0.5, 0.6) is 5.75 Å². The van der Waals surface area contributed by atoms with Crippen molar-refractivity contribution < 1.29 is 14.6 Å². The largest absolute Gasteiger partial charge is 0.506 e. The van der Waals surface area contributed by atoms with Crippen LogP contribution in [0, 0.1) is 5.41 Å². The predicted molar refractivity (Wildman–Crippen MR) is 94.2 cm³/mol. The highest BCUT2D eigenvalue weighted by Crippen LogP contribution is 2.43. The van der Waals surface area contributed by atoms with Gasteiger partial charge in [-0.05, 0) is 45.7 Å². The predicted octanol–water partition coefficient (Wildman–Crippen LogP) is 2.81. The van der Waals surface area contributed by atoms with Gasteiger partial charge in [-0.25, -0.2) is 4.79 Å². The molecule has 6 nitrogen and oxygen atoms in total. The fourth-order valence-corrected chi connectivity index (χ4v) is 3.48. The highest BCUT2D eigenvalue weighted by atomic mass is 16.6. The zero-order chi connectivity index (χ0) is 17.5. The maximum absolute atomic E-state index is 12.1. The number of anilines is 2. The van der Waals surface area contributed by atoms with Gasteiger partial charge in [-0.1, -0.05) is 0 Å². The van der Waals surface area contributed by atoms with Crippen LogP contribution in [0.3, 0.4) is 0 Å². The number of hydrogen-bond donors (Lipinski definition) is 2. The standard InChI is InChI=1S/C18H27N3O3/c1-17(2,3)24-16(23)20-8-6-18(7-9-20)11-21(12-18)13-4-5-14(19)15(22)10-13/h4-5,10,22H,6-9,11-12,19H2,1-3H3. The molecule has 2 aliphatic rings. The second-order valence-corrected chi connectivity index (χ2v) is 8.07. The number of piperidine rings is 1.